The molecule has 0 saturated heterocycles. The zero-order valence-corrected chi connectivity index (χ0v) is 11.8. The quantitative estimate of drug-likeness (QED) is 0.482. The van der Waals surface area contributed by atoms with Crippen LogP contribution in [0.4, 0.5) is 0 Å². The highest BCUT2D eigenvalue weighted by Gasteiger charge is 2.55. The molecule has 0 aromatic heterocycles. The predicted molar refractivity (Wildman–Crippen MR) is 77.7 cm³/mol. The van der Waals surface area contributed by atoms with Crippen LogP contribution in [0, 0.1) is 41.6 Å². The number of hydrogen-bond acceptors (Lipinski definition) is 0. The van der Waals surface area contributed by atoms with Crippen molar-refractivity contribution in [2.75, 3.05) is 0 Å². The van der Waals surface area contributed by atoms with E-state index in [1.807, 2.05) is 0 Å². The third kappa shape index (κ3) is 1.76. The molecule has 2 fully saturated rings. The summed E-state index contributed by atoms with van der Waals surface area (Å²) in [7, 11) is 0. The summed E-state index contributed by atoms with van der Waals surface area (Å²) >= 11 is 0. The molecule has 0 unspecified atom stereocenters. The molecule has 0 spiro atoms. The van der Waals surface area contributed by atoms with E-state index in [1.54, 1.807) is 0 Å². The van der Waals surface area contributed by atoms with Gasteiger partial charge in [-0.05, 0) is 50.4 Å². The van der Waals surface area contributed by atoms with Crippen molar-refractivity contribution >= 4 is 0 Å². The summed E-state index contributed by atoms with van der Waals surface area (Å²) in [5.74, 6) is 3.92. The molecule has 2 saturated carbocycles. The van der Waals surface area contributed by atoms with E-state index in [2.05, 4.69) is 32.4 Å². The van der Waals surface area contributed by atoms with E-state index < -0.39 is 0 Å². The Balaban J connectivity index is 2.41. The molecule has 0 heteroatoms. The summed E-state index contributed by atoms with van der Waals surface area (Å²) in [6, 6.07) is 0. The fraction of sp³-hybridized carbons (Fsp3) is 0.667. The second-order valence-electron chi connectivity index (χ2n) is 6.60. The molecule has 97 valence electrons. The van der Waals surface area contributed by atoms with Crippen LogP contribution in [0.2, 0.25) is 0 Å². The second-order valence-corrected chi connectivity index (χ2v) is 6.60. The van der Waals surface area contributed by atoms with E-state index >= 15 is 0 Å². The Hall–Kier alpha value is -0.960. The van der Waals surface area contributed by atoms with Crippen LogP contribution in [0.25, 0.3) is 0 Å². The largest absolute Gasteiger partial charge is 0.120 e. The molecule has 4 atom stereocenters. The van der Waals surface area contributed by atoms with Gasteiger partial charge in [0.2, 0.25) is 0 Å². The first kappa shape index (κ1) is 13.5. The van der Waals surface area contributed by atoms with Gasteiger partial charge in [-0.15, -0.1) is 18.9 Å². The Kier molecular flexibility index (Phi) is 3.45. The van der Waals surface area contributed by atoms with Gasteiger partial charge < -0.3 is 0 Å². The molecule has 0 aromatic carbocycles. The summed E-state index contributed by atoms with van der Waals surface area (Å²) in [5, 5.41) is 0. The average molecular weight is 241 g/mol. The summed E-state index contributed by atoms with van der Waals surface area (Å²) in [4.78, 5) is 0. The standard InChI is InChI=1S/C18H25/c1-6-16-9-8-11-17(5)12-10-15(14(3)4)13-18(16,17)7-2/h1,3,7,15-16H,2,8-13H2,4-5H3/t15-,16-,17-,18-/m1/s1. The van der Waals surface area contributed by atoms with Crippen LogP contribution < -0.4 is 0 Å². The topological polar surface area (TPSA) is 0 Å². The molecule has 0 bridgehead atoms. The lowest BCUT2D eigenvalue weighted by Crippen LogP contribution is -2.50. The SMILES string of the molecule is [CH]=C(C)[C@@H]1CC[C@@]2(C)CCC[C@@H](C#C)[C@@]2(C=C)C1. The zero-order valence-electron chi connectivity index (χ0n) is 11.8. The highest BCUT2D eigenvalue weighted by atomic mass is 14.6. The van der Waals surface area contributed by atoms with Gasteiger partial charge in [0.25, 0.3) is 0 Å². The molecule has 0 aliphatic heterocycles. The molecule has 0 N–H and O–H groups in total. The van der Waals surface area contributed by atoms with E-state index in [4.69, 9.17) is 13.0 Å². The van der Waals surface area contributed by atoms with E-state index in [-0.39, 0.29) is 5.41 Å². The maximum atomic E-state index is 6.06. The van der Waals surface area contributed by atoms with Crippen LogP contribution in [0.15, 0.2) is 18.2 Å². The van der Waals surface area contributed by atoms with Crippen molar-refractivity contribution in [2.45, 2.75) is 52.4 Å². The van der Waals surface area contributed by atoms with Gasteiger partial charge in [0, 0.05) is 11.3 Å². The lowest BCUT2D eigenvalue weighted by Gasteiger charge is -2.58. The molecule has 18 heavy (non-hydrogen) atoms. The van der Waals surface area contributed by atoms with E-state index in [9.17, 15) is 0 Å². The second kappa shape index (κ2) is 4.61. The number of fused-ring (bicyclic) bond motifs is 1. The van der Waals surface area contributed by atoms with Gasteiger partial charge in [0.15, 0.2) is 0 Å². The van der Waals surface area contributed by atoms with Gasteiger partial charge in [-0.3, -0.25) is 0 Å². The van der Waals surface area contributed by atoms with Crippen LogP contribution in [0.1, 0.15) is 52.4 Å². The predicted octanol–water partition coefficient (Wildman–Crippen LogP) is 4.78. The Morgan fingerprint density at radius 3 is 2.67 bits per heavy atom. The Labute approximate surface area is 113 Å². The van der Waals surface area contributed by atoms with Crippen LogP contribution in [0.5, 0.6) is 0 Å². The maximum absolute atomic E-state index is 6.06. The van der Waals surface area contributed by atoms with E-state index in [1.165, 1.54) is 25.7 Å². The number of allylic oxidation sites excluding steroid dienone is 2. The van der Waals surface area contributed by atoms with Gasteiger partial charge in [-0.25, -0.2) is 0 Å². The van der Waals surface area contributed by atoms with Gasteiger partial charge >= 0.3 is 0 Å². The number of terminal acetylenes is 1. The lowest BCUT2D eigenvalue weighted by atomic mass is 9.45. The zero-order chi connectivity index (χ0) is 13.4. The Bertz CT molecular complexity index is 397. The molecule has 2 aliphatic carbocycles. The van der Waals surface area contributed by atoms with Gasteiger partial charge in [0.05, 0.1) is 0 Å². The Morgan fingerprint density at radius 2 is 2.11 bits per heavy atom. The van der Waals surface area contributed by atoms with Crippen LogP contribution in [-0.2, 0) is 0 Å². The fourth-order valence-corrected chi connectivity index (χ4v) is 4.45. The molecule has 2 rings (SSSR count). The van der Waals surface area contributed by atoms with Crippen molar-refractivity contribution in [2.24, 2.45) is 22.7 Å². The normalized spacial score (nSPS) is 43.6. The minimum Gasteiger partial charge on any atom is -0.120 e. The first-order valence-electron chi connectivity index (χ1n) is 7.18. The summed E-state index contributed by atoms with van der Waals surface area (Å²) in [6.45, 7) is 14.7. The molecule has 1 radical (unpaired) electrons. The summed E-state index contributed by atoms with van der Waals surface area (Å²) < 4.78 is 0. The highest BCUT2D eigenvalue weighted by molar-refractivity contribution is 5.21. The third-order valence-corrected chi connectivity index (χ3v) is 5.80. The first-order chi connectivity index (χ1) is 8.49. The Morgan fingerprint density at radius 1 is 1.39 bits per heavy atom. The van der Waals surface area contributed by atoms with Crippen molar-refractivity contribution in [3.05, 3.63) is 24.8 Å². The molecule has 0 amide bonds. The van der Waals surface area contributed by atoms with Crippen molar-refractivity contribution in [3.8, 4) is 12.3 Å². The summed E-state index contributed by atoms with van der Waals surface area (Å²) in [6.07, 6.45) is 15.2. The maximum Gasteiger partial charge on any atom is 0.0296 e. The monoisotopic (exact) mass is 241 g/mol. The van der Waals surface area contributed by atoms with Gasteiger partial charge in [0.1, 0.15) is 0 Å². The van der Waals surface area contributed by atoms with Gasteiger partial charge in [-0.1, -0.05) is 31.6 Å². The number of rotatable bonds is 2. The van der Waals surface area contributed by atoms with Crippen molar-refractivity contribution in [3.63, 3.8) is 0 Å². The van der Waals surface area contributed by atoms with Crippen molar-refractivity contribution in [1.82, 2.24) is 0 Å². The highest BCUT2D eigenvalue weighted by Crippen LogP contribution is 2.63. The molecule has 0 aromatic rings. The summed E-state index contributed by atoms with van der Waals surface area (Å²) in [5.41, 5.74) is 1.50. The molecular formula is C18H25. The van der Waals surface area contributed by atoms with Crippen LogP contribution in [-0.4, -0.2) is 0 Å². The van der Waals surface area contributed by atoms with E-state index in [0.29, 0.717) is 17.3 Å². The lowest BCUT2D eigenvalue weighted by molar-refractivity contribution is -0.0438. The van der Waals surface area contributed by atoms with Crippen molar-refractivity contribution in [1.29, 1.82) is 0 Å². The molecule has 0 nitrogen and oxygen atoms in total. The molecule has 2 aliphatic rings. The molecular weight excluding hydrogens is 216 g/mol. The third-order valence-electron chi connectivity index (χ3n) is 5.80. The van der Waals surface area contributed by atoms with Crippen LogP contribution in [0.3, 0.4) is 0 Å². The van der Waals surface area contributed by atoms with E-state index in [0.717, 1.165) is 18.4 Å². The smallest absolute Gasteiger partial charge is 0.0296 e. The minimum absolute atomic E-state index is 0.101. The first-order valence-corrected chi connectivity index (χ1v) is 7.18. The molecule has 0 heterocycles. The fourth-order valence-electron chi connectivity index (χ4n) is 4.45. The van der Waals surface area contributed by atoms with Crippen molar-refractivity contribution < 1.29 is 0 Å². The average Bonchev–Trinajstić information content (AvgIpc) is 2.36. The van der Waals surface area contributed by atoms with Gasteiger partial charge in [-0.2, -0.15) is 0 Å². The van der Waals surface area contributed by atoms with Crippen LogP contribution >= 0.6 is 0 Å². The number of hydrogen-bond donors (Lipinski definition) is 0. The minimum atomic E-state index is 0.101.